The summed E-state index contributed by atoms with van der Waals surface area (Å²) < 4.78 is 55.2. The third-order valence-corrected chi connectivity index (χ3v) is 5.62. The van der Waals surface area contributed by atoms with E-state index in [1.165, 1.54) is 6.07 Å². The highest BCUT2D eigenvalue weighted by Gasteiger charge is 2.32. The van der Waals surface area contributed by atoms with Gasteiger partial charge in [-0.3, -0.25) is 0 Å². The minimum absolute atomic E-state index is 0.192. The number of aryl methyl sites for hydroxylation is 1. The zero-order valence-corrected chi connectivity index (χ0v) is 14.3. The molecule has 3 aromatic rings. The summed E-state index contributed by atoms with van der Waals surface area (Å²) in [7, 11) is 0. The average molecular weight is 358 g/mol. The van der Waals surface area contributed by atoms with E-state index in [1.54, 1.807) is 12.1 Å². The van der Waals surface area contributed by atoms with Gasteiger partial charge in [0.05, 0.1) is 0 Å². The summed E-state index contributed by atoms with van der Waals surface area (Å²) in [5.74, 6) is -4.11. The van der Waals surface area contributed by atoms with Gasteiger partial charge in [-0.1, -0.05) is 37.6 Å². The summed E-state index contributed by atoms with van der Waals surface area (Å²) in [6, 6.07) is 10.8. The van der Waals surface area contributed by atoms with Crippen molar-refractivity contribution in [2.75, 3.05) is 0 Å². The fourth-order valence-electron chi connectivity index (χ4n) is 4.37. The van der Waals surface area contributed by atoms with Crippen molar-refractivity contribution < 1.29 is 17.6 Å². The molecule has 0 saturated carbocycles. The molecular formula is C22H18F4. The number of hydrogen-bond donors (Lipinski definition) is 0. The summed E-state index contributed by atoms with van der Waals surface area (Å²) in [5.41, 5.74) is 2.40. The smallest absolute Gasteiger partial charge is 0.194 e. The second-order valence-electron chi connectivity index (χ2n) is 6.95. The highest BCUT2D eigenvalue weighted by atomic mass is 19.2. The largest absolute Gasteiger partial charge is 0.206 e. The Kier molecular flexibility index (Phi) is 4.22. The van der Waals surface area contributed by atoms with E-state index in [0.717, 1.165) is 47.9 Å². The fourth-order valence-corrected chi connectivity index (χ4v) is 4.37. The van der Waals surface area contributed by atoms with Crippen LogP contribution in [0, 0.1) is 29.2 Å². The van der Waals surface area contributed by atoms with E-state index in [1.807, 2.05) is 19.1 Å². The lowest BCUT2D eigenvalue weighted by Crippen LogP contribution is -2.22. The quantitative estimate of drug-likeness (QED) is 0.362. The van der Waals surface area contributed by atoms with E-state index in [0.29, 0.717) is 10.9 Å². The highest BCUT2D eigenvalue weighted by molar-refractivity contribution is 5.88. The normalized spacial score (nSPS) is 19.6. The van der Waals surface area contributed by atoms with Gasteiger partial charge in [-0.15, -0.1) is 0 Å². The van der Waals surface area contributed by atoms with Gasteiger partial charge >= 0.3 is 0 Å². The van der Waals surface area contributed by atoms with Crippen LogP contribution in [0.1, 0.15) is 42.4 Å². The van der Waals surface area contributed by atoms with E-state index >= 15 is 0 Å². The second-order valence-corrected chi connectivity index (χ2v) is 6.95. The molecule has 0 nitrogen and oxygen atoms in total. The maximum absolute atomic E-state index is 14.1. The predicted molar refractivity (Wildman–Crippen MR) is 94.2 cm³/mol. The van der Waals surface area contributed by atoms with Crippen molar-refractivity contribution in [2.45, 2.75) is 32.1 Å². The van der Waals surface area contributed by atoms with Crippen LogP contribution in [-0.4, -0.2) is 0 Å². The molecule has 0 spiro atoms. The molecule has 0 unspecified atom stereocenters. The van der Waals surface area contributed by atoms with E-state index < -0.39 is 17.5 Å². The summed E-state index contributed by atoms with van der Waals surface area (Å²) in [6.07, 6.45) is 2.47. The van der Waals surface area contributed by atoms with Crippen molar-refractivity contribution in [3.63, 3.8) is 0 Å². The Balaban J connectivity index is 1.95. The van der Waals surface area contributed by atoms with Crippen molar-refractivity contribution in [1.82, 2.24) is 0 Å². The van der Waals surface area contributed by atoms with Crippen LogP contribution in [-0.2, 0) is 6.42 Å². The van der Waals surface area contributed by atoms with Crippen LogP contribution in [0.5, 0.6) is 0 Å². The van der Waals surface area contributed by atoms with Crippen LogP contribution in [0.15, 0.2) is 42.5 Å². The molecule has 0 saturated heterocycles. The van der Waals surface area contributed by atoms with Gasteiger partial charge in [-0.2, -0.15) is 0 Å². The van der Waals surface area contributed by atoms with Gasteiger partial charge in [-0.25, -0.2) is 17.6 Å². The molecule has 0 heterocycles. The number of halogens is 4. The first-order chi connectivity index (χ1) is 12.5. The van der Waals surface area contributed by atoms with Crippen molar-refractivity contribution in [1.29, 1.82) is 0 Å². The summed E-state index contributed by atoms with van der Waals surface area (Å²) in [6.45, 7) is 2.04. The van der Waals surface area contributed by atoms with Crippen molar-refractivity contribution in [3.05, 3.63) is 82.4 Å². The first-order valence-corrected chi connectivity index (χ1v) is 8.85. The van der Waals surface area contributed by atoms with Crippen LogP contribution in [0.2, 0.25) is 0 Å². The lowest BCUT2D eigenvalue weighted by Gasteiger charge is -2.34. The molecule has 0 aromatic heterocycles. The molecule has 0 radical (unpaired) electrons. The topological polar surface area (TPSA) is 0 Å². The third-order valence-electron chi connectivity index (χ3n) is 5.62. The fraction of sp³-hybridized carbons (Fsp3) is 0.273. The molecule has 4 rings (SSSR count). The van der Waals surface area contributed by atoms with Crippen LogP contribution in [0.3, 0.4) is 0 Å². The molecule has 0 fully saturated rings. The van der Waals surface area contributed by atoms with Gasteiger partial charge < -0.3 is 0 Å². The van der Waals surface area contributed by atoms with Gasteiger partial charge in [0.2, 0.25) is 0 Å². The van der Waals surface area contributed by atoms with Gasteiger partial charge in [0.25, 0.3) is 0 Å². The lowest BCUT2D eigenvalue weighted by molar-refractivity contribution is 0.391. The first-order valence-electron chi connectivity index (χ1n) is 8.85. The lowest BCUT2D eigenvalue weighted by atomic mass is 9.70. The molecule has 134 valence electrons. The van der Waals surface area contributed by atoms with Crippen LogP contribution in [0.4, 0.5) is 17.6 Å². The van der Waals surface area contributed by atoms with E-state index in [9.17, 15) is 17.6 Å². The van der Waals surface area contributed by atoms with E-state index in [2.05, 4.69) is 0 Å². The zero-order chi connectivity index (χ0) is 18.4. The third kappa shape index (κ3) is 2.59. The summed E-state index contributed by atoms with van der Waals surface area (Å²) in [4.78, 5) is 0. The van der Waals surface area contributed by atoms with Crippen LogP contribution in [0.25, 0.3) is 10.8 Å². The van der Waals surface area contributed by atoms with Crippen molar-refractivity contribution in [3.8, 4) is 0 Å². The second kappa shape index (κ2) is 6.42. The molecule has 0 N–H and O–H groups in total. The molecule has 1 aliphatic carbocycles. The standard InChI is InChI=1S/C22H18F4/c1-2-12-6-7-15-14-4-3-5-18(23)16(14)8-9-17(15)21(12)13-10-19(24)22(26)20(25)11-13/h3-5,8-12,21H,2,6-7H2,1H3/t12-,21-/m1/s1. The maximum Gasteiger partial charge on any atom is 0.194 e. The number of benzene rings is 3. The predicted octanol–water partition coefficient (Wildman–Crippen LogP) is 6.50. The van der Waals surface area contributed by atoms with Crippen LogP contribution >= 0.6 is 0 Å². The summed E-state index contributed by atoms with van der Waals surface area (Å²) >= 11 is 0. The molecule has 0 aliphatic heterocycles. The SMILES string of the molecule is CC[C@@H]1CCc2c(ccc3c(F)cccc23)[C@H]1c1cc(F)c(F)c(F)c1. The molecular weight excluding hydrogens is 340 g/mol. The monoisotopic (exact) mass is 358 g/mol. The Morgan fingerprint density at radius 3 is 2.31 bits per heavy atom. The Morgan fingerprint density at radius 1 is 0.885 bits per heavy atom. The molecule has 0 bridgehead atoms. The zero-order valence-electron chi connectivity index (χ0n) is 14.3. The molecule has 4 heteroatoms. The first kappa shape index (κ1) is 17.1. The minimum atomic E-state index is -1.45. The Morgan fingerprint density at radius 2 is 1.62 bits per heavy atom. The maximum atomic E-state index is 14.1. The molecule has 0 amide bonds. The Hall–Kier alpha value is -2.36. The Labute approximate surface area is 149 Å². The van der Waals surface area contributed by atoms with Gasteiger partial charge in [0, 0.05) is 11.3 Å². The van der Waals surface area contributed by atoms with Crippen LogP contribution < -0.4 is 0 Å². The van der Waals surface area contributed by atoms with E-state index in [4.69, 9.17) is 0 Å². The van der Waals surface area contributed by atoms with E-state index in [-0.39, 0.29) is 17.7 Å². The highest BCUT2D eigenvalue weighted by Crippen LogP contribution is 2.45. The number of hydrogen-bond acceptors (Lipinski definition) is 0. The number of fused-ring (bicyclic) bond motifs is 3. The number of rotatable bonds is 2. The average Bonchev–Trinajstić information content (AvgIpc) is 2.64. The van der Waals surface area contributed by atoms with Crippen molar-refractivity contribution >= 4 is 10.8 Å². The molecule has 2 atom stereocenters. The Bertz CT molecular complexity index is 970. The summed E-state index contributed by atoms with van der Waals surface area (Å²) in [5, 5.41) is 1.39. The van der Waals surface area contributed by atoms with Gasteiger partial charge in [0.15, 0.2) is 17.5 Å². The molecule has 26 heavy (non-hydrogen) atoms. The minimum Gasteiger partial charge on any atom is -0.206 e. The van der Waals surface area contributed by atoms with Gasteiger partial charge in [0.1, 0.15) is 5.82 Å². The van der Waals surface area contributed by atoms with Crippen molar-refractivity contribution in [2.24, 2.45) is 5.92 Å². The molecule has 1 aliphatic rings. The molecule has 3 aromatic carbocycles. The van der Waals surface area contributed by atoms with Gasteiger partial charge in [-0.05, 0) is 59.0 Å².